The summed E-state index contributed by atoms with van der Waals surface area (Å²) in [5.74, 6) is 0. The molecule has 8 heteroatoms. The largest absolute Gasteiger partial charge is 0.461 e. The summed E-state index contributed by atoms with van der Waals surface area (Å²) in [7, 11) is 0. The van der Waals surface area contributed by atoms with Gasteiger partial charge < -0.3 is 4.74 Å². The molecule has 0 saturated heterocycles. The summed E-state index contributed by atoms with van der Waals surface area (Å²) in [4.78, 5) is 13.0. The van der Waals surface area contributed by atoms with Crippen molar-refractivity contribution in [2.45, 2.75) is 30.0 Å². The lowest BCUT2D eigenvalue weighted by atomic mass is 10.4. The highest BCUT2D eigenvalue weighted by Gasteiger charge is 2.10. The van der Waals surface area contributed by atoms with Crippen molar-refractivity contribution >= 4 is 46.6 Å². The maximum absolute atomic E-state index is 5.96. The van der Waals surface area contributed by atoms with E-state index in [2.05, 4.69) is 15.0 Å². The second-order valence-corrected chi connectivity index (χ2v) is 6.21. The number of hydrogen-bond acceptors (Lipinski definition) is 5. The predicted molar refractivity (Wildman–Crippen MR) is 81.2 cm³/mol. The monoisotopic (exact) mass is 349 g/mol. The molecular formula is C12H10Cl3N3OS. The van der Waals surface area contributed by atoms with E-state index >= 15 is 0 Å². The molecule has 0 unspecified atom stereocenters. The first-order valence-electron chi connectivity index (χ1n) is 5.65. The Morgan fingerprint density at radius 3 is 2.45 bits per heavy atom. The highest BCUT2D eigenvalue weighted by Crippen LogP contribution is 2.31. The second kappa shape index (κ2) is 6.80. The predicted octanol–water partition coefficient (Wildman–Crippen LogP) is 4.77. The summed E-state index contributed by atoms with van der Waals surface area (Å²) in [6.07, 6.45) is -0.0451. The molecule has 0 saturated carbocycles. The highest BCUT2D eigenvalue weighted by molar-refractivity contribution is 7.99. The van der Waals surface area contributed by atoms with Crippen LogP contribution < -0.4 is 4.74 Å². The van der Waals surface area contributed by atoms with Gasteiger partial charge in [-0.3, -0.25) is 0 Å². The second-order valence-electron chi connectivity index (χ2n) is 4.01. The zero-order valence-corrected chi connectivity index (χ0v) is 13.7. The van der Waals surface area contributed by atoms with E-state index in [0.717, 1.165) is 4.90 Å². The quantitative estimate of drug-likeness (QED) is 0.795. The van der Waals surface area contributed by atoms with Gasteiger partial charge in [0.2, 0.25) is 5.28 Å². The smallest absolute Gasteiger partial charge is 0.322 e. The Hall–Kier alpha value is -0.750. The third-order valence-electron chi connectivity index (χ3n) is 2.01. The van der Waals surface area contributed by atoms with Gasteiger partial charge in [-0.05, 0) is 55.4 Å². The van der Waals surface area contributed by atoms with Crippen LogP contribution in [0.5, 0.6) is 6.01 Å². The van der Waals surface area contributed by atoms with Crippen molar-refractivity contribution in [2.24, 2.45) is 0 Å². The Balaban J connectivity index is 2.24. The molecular weight excluding hydrogens is 341 g/mol. The molecule has 20 heavy (non-hydrogen) atoms. The van der Waals surface area contributed by atoms with Gasteiger partial charge in [-0.15, -0.1) is 0 Å². The summed E-state index contributed by atoms with van der Waals surface area (Å²) >= 11 is 19.0. The van der Waals surface area contributed by atoms with Crippen LogP contribution in [0.3, 0.4) is 0 Å². The van der Waals surface area contributed by atoms with Gasteiger partial charge in [-0.1, -0.05) is 23.2 Å². The minimum Gasteiger partial charge on any atom is -0.461 e. The van der Waals surface area contributed by atoms with Crippen molar-refractivity contribution < 1.29 is 4.74 Å². The maximum atomic E-state index is 5.96. The Morgan fingerprint density at radius 1 is 1.05 bits per heavy atom. The Bertz CT molecular complexity index is 625. The van der Waals surface area contributed by atoms with Crippen LogP contribution in [-0.2, 0) is 0 Å². The summed E-state index contributed by atoms with van der Waals surface area (Å²) < 4.78 is 5.41. The zero-order chi connectivity index (χ0) is 14.7. The molecule has 0 spiro atoms. The van der Waals surface area contributed by atoms with Crippen LogP contribution in [0.1, 0.15) is 13.8 Å². The van der Waals surface area contributed by atoms with Crippen LogP contribution in [0.2, 0.25) is 15.3 Å². The fourth-order valence-corrected chi connectivity index (χ4v) is 2.61. The maximum Gasteiger partial charge on any atom is 0.322 e. The fourth-order valence-electron chi connectivity index (χ4n) is 1.27. The molecule has 4 nitrogen and oxygen atoms in total. The van der Waals surface area contributed by atoms with E-state index in [1.165, 1.54) is 11.8 Å². The average molecular weight is 351 g/mol. The van der Waals surface area contributed by atoms with Crippen molar-refractivity contribution in [1.82, 2.24) is 15.0 Å². The summed E-state index contributed by atoms with van der Waals surface area (Å²) in [5.41, 5.74) is 0. The van der Waals surface area contributed by atoms with Gasteiger partial charge in [0, 0.05) is 4.90 Å². The van der Waals surface area contributed by atoms with Gasteiger partial charge in [-0.2, -0.15) is 15.0 Å². The molecule has 0 N–H and O–H groups in total. The Morgan fingerprint density at radius 2 is 1.80 bits per heavy atom. The van der Waals surface area contributed by atoms with E-state index in [-0.39, 0.29) is 17.4 Å². The van der Waals surface area contributed by atoms with E-state index in [9.17, 15) is 0 Å². The molecule has 1 heterocycles. The lowest BCUT2D eigenvalue weighted by molar-refractivity contribution is 0.219. The molecule has 0 aliphatic heterocycles. The first-order chi connectivity index (χ1) is 9.44. The van der Waals surface area contributed by atoms with Gasteiger partial charge >= 0.3 is 6.01 Å². The molecule has 0 aliphatic rings. The van der Waals surface area contributed by atoms with Crippen LogP contribution in [0.25, 0.3) is 0 Å². The van der Waals surface area contributed by atoms with E-state index in [1.807, 2.05) is 19.9 Å². The number of rotatable bonds is 4. The normalized spacial score (nSPS) is 10.9. The molecule has 0 atom stereocenters. The van der Waals surface area contributed by atoms with Crippen LogP contribution in [0.15, 0.2) is 28.3 Å². The molecule has 2 aromatic rings. The van der Waals surface area contributed by atoms with Gasteiger partial charge in [0.05, 0.1) is 16.1 Å². The summed E-state index contributed by atoms with van der Waals surface area (Å²) in [6, 6.07) is 5.46. The average Bonchev–Trinajstić information content (AvgIpc) is 2.32. The molecule has 106 valence electrons. The standard InChI is InChI=1S/C12H10Cl3N3OS/c1-6(2)19-11-16-10(15)17-12(18-11)20-7-3-4-8(13)9(14)5-7/h3-6H,1-2H3. The third-order valence-corrected chi connectivity index (χ3v) is 3.77. The SMILES string of the molecule is CC(C)Oc1nc(Cl)nc(Sc2ccc(Cl)c(Cl)c2)n1. The third kappa shape index (κ3) is 4.38. The fraction of sp³-hybridized carbons (Fsp3) is 0.250. The van der Waals surface area contributed by atoms with Gasteiger partial charge in [0.1, 0.15) is 0 Å². The van der Waals surface area contributed by atoms with Crippen molar-refractivity contribution in [3.05, 3.63) is 33.5 Å². The van der Waals surface area contributed by atoms with Gasteiger partial charge in [0.15, 0.2) is 5.16 Å². The summed E-state index contributed by atoms with van der Waals surface area (Å²) in [5, 5.41) is 1.47. The molecule has 1 aromatic carbocycles. The van der Waals surface area contributed by atoms with E-state index in [0.29, 0.717) is 15.2 Å². The topological polar surface area (TPSA) is 47.9 Å². The van der Waals surface area contributed by atoms with Crippen LogP contribution in [-0.4, -0.2) is 21.1 Å². The minimum atomic E-state index is -0.0451. The van der Waals surface area contributed by atoms with Crippen LogP contribution >= 0.6 is 46.6 Å². The van der Waals surface area contributed by atoms with Crippen molar-refractivity contribution in [1.29, 1.82) is 0 Å². The minimum absolute atomic E-state index is 0.0451. The van der Waals surface area contributed by atoms with Crippen molar-refractivity contribution in [3.8, 4) is 6.01 Å². The Kier molecular flexibility index (Phi) is 5.32. The Labute approximate surface area is 135 Å². The molecule has 0 bridgehead atoms. The van der Waals surface area contributed by atoms with Crippen LogP contribution in [0.4, 0.5) is 0 Å². The van der Waals surface area contributed by atoms with Gasteiger partial charge in [0.25, 0.3) is 0 Å². The van der Waals surface area contributed by atoms with Gasteiger partial charge in [-0.25, -0.2) is 0 Å². The molecule has 1 aromatic heterocycles. The first kappa shape index (κ1) is 15.6. The number of benzene rings is 1. The molecule has 0 aliphatic carbocycles. The molecule has 0 amide bonds. The molecule has 2 rings (SSSR count). The van der Waals surface area contributed by atoms with E-state index in [1.54, 1.807) is 12.1 Å². The van der Waals surface area contributed by atoms with Crippen molar-refractivity contribution in [2.75, 3.05) is 0 Å². The number of nitrogens with zero attached hydrogens (tertiary/aromatic N) is 3. The number of hydrogen-bond donors (Lipinski definition) is 0. The van der Waals surface area contributed by atoms with E-state index in [4.69, 9.17) is 39.5 Å². The molecule has 0 radical (unpaired) electrons. The number of halogens is 3. The highest BCUT2D eigenvalue weighted by atomic mass is 35.5. The van der Waals surface area contributed by atoms with Crippen LogP contribution in [0, 0.1) is 0 Å². The van der Waals surface area contributed by atoms with Crippen molar-refractivity contribution in [3.63, 3.8) is 0 Å². The zero-order valence-electron chi connectivity index (χ0n) is 10.6. The lowest BCUT2D eigenvalue weighted by Crippen LogP contribution is -2.09. The number of ether oxygens (including phenoxy) is 1. The van der Waals surface area contributed by atoms with E-state index < -0.39 is 0 Å². The lowest BCUT2D eigenvalue weighted by Gasteiger charge is -2.08. The molecule has 0 fully saturated rings. The summed E-state index contributed by atoms with van der Waals surface area (Å²) in [6.45, 7) is 3.76. The number of aromatic nitrogens is 3. The first-order valence-corrected chi connectivity index (χ1v) is 7.60.